The van der Waals surface area contributed by atoms with Gasteiger partial charge in [0.1, 0.15) is 0 Å². The van der Waals surface area contributed by atoms with Crippen LogP contribution in [-0.4, -0.2) is 35.8 Å². The Labute approximate surface area is 98.2 Å². The quantitative estimate of drug-likeness (QED) is 0.566. The van der Waals surface area contributed by atoms with Crippen LogP contribution in [0.3, 0.4) is 0 Å². The van der Waals surface area contributed by atoms with Crippen LogP contribution >= 0.6 is 11.8 Å². The lowest BCUT2D eigenvalue weighted by Crippen LogP contribution is -2.32. The third kappa shape index (κ3) is 6.44. The maximum atomic E-state index is 8.63. The normalized spacial score (nSPS) is 18.0. The minimum Gasteiger partial charge on any atom is -0.396 e. The van der Waals surface area contributed by atoms with E-state index in [2.05, 4.69) is 12.2 Å². The monoisotopic (exact) mass is 231 g/mol. The van der Waals surface area contributed by atoms with E-state index in [0.717, 1.165) is 30.7 Å². The summed E-state index contributed by atoms with van der Waals surface area (Å²) >= 11 is 1.95. The van der Waals surface area contributed by atoms with E-state index in [0.29, 0.717) is 6.61 Å². The zero-order valence-corrected chi connectivity index (χ0v) is 10.7. The van der Waals surface area contributed by atoms with Crippen molar-refractivity contribution in [3.8, 4) is 0 Å². The molecule has 2 N–H and O–H groups in total. The van der Waals surface area contributed by atoms with E-state index in [9.17, 15) is 0 Å². The lowest BCUT2D eigenvalue weighted by atomic mass is 10.1. The predicted octanol–water partition coefficient (Wildman–Crippen LogP) is 2.27. The van der Waals surface area contributed by atoms with E-state index in [1.54, 1.807) is 0 Å². The molecule has 0 bridgehead atoms. The molecule has 0 aromatic heterocycles. The van der Waals surface area contributed by atoms with Crippen LogP contribution in [0.25, 0.3) is 0 Å². The molecule has 0 aromatic carbocycles. The van der Waals surface area contributed by atoms with Gasteiger partial charge in [-0.15, -0.1) is 0 Å². The number of hydrogen-bond donors (Lipinski definition) is 2. The Balaban J connectivity index is 1.92. The van der Waals surface area contributed by atoms with Crippen molar-refractivity contribution in [2.75, 3.05) is 24.7 Å². The van der Waals surface area contributed by atoms with Crippen molar-refractivity contribution in [1.29, 1.82) is 0 Å². The molecule has 1 atom stereocenters. The van der Waals surface area contributed by atoms with Crippen molar-refractivity contribution in [3.05, 3.63) is 0 Å². The summed E-state index contributed by atoms with van der Waals surface area (Å²) in [6.45, 7) is 3.74. The Morgan fingerprint density at radius 1 is 1.40 bits per heavy atom. The van der Waals surface area contributed by atoms with E-state index in [1.165, 1.54) is 31.4 Å². The highest BCUT2D eigenvalue weighted by Gasteiger charge is 2.29. The van der Waals surface area contributed by atoms with Crippen molar-refractivity contribution >= 4 is 11.8 Å². The van der Waals surface area contributed by atoms with Crippen LogP contribution in [0.5, 0.6) is 0 Å². The fourth-order valence-electron chi connectivity index (χ4n) is 1.90. The van der Waals surface area contributed by atoms with Crippen molar-refractivity contribution < 1.29 is 5.11 Å². The molecule has 0 spiro atoms. The standard InChI is InChI=1S/C12H25NOS/c1-2-4-12(11-5-6-11)13-7-10-15-9-3-8-14/h11-14H,2-10H2,1H3. The third-order valence-electron chi connectivity index (χ3n) is 2.89. The molecule has 3 heteroatoms. The first-order valence-electron chi connectivity index (χ1n) is 6.30. The Morgan fingerprint density at radius 2 is 2.20 bits per heavy atom. The van der Waals surface area contributed by atoms with Gasteiger partial charge in [0, 0.05) is 24.9 Å². The molecule has 1 fully saturated rings. The van der Waals surface area contributed by atoms with E-state index < -0.39 is 0 Å². The maximum Gasteiger partial charge on any atom is 0.0438 e. The number of hydrogen-bond acceptors (Lipinski definition) is 3. The van der Waals surface area contributed by atoms with E-state index >= 15 is 0 Å². The molecule has 0 saturated heterocycles. The molecule has 0 radical (unpaired) electrons. The molecule has 1 aliphatic carbocycles. The number of thioether (sulfide) groups is 1. The summed E-state index contributed by atoms with van der Waals surface area (Å²) in [5, 5.41) is 12.3. The van der Waals surface area contributed by atoms with Crippen LogP contribution in [0.4, 0.5) is 0 Å². The first-order chi connectivity index (χ1) is 7.38. The van der Waals surface area contributed by atoms with Crippen LogP contribution < -0.4 is 5.32 Å². The zero-order valence-electron chi connectivity index (χ0n) is 9.87. The summed E-state index contributed by atoms with van der Waals surface area (Å²) in [5.41, 5.74) is 0. The third-order valence-corrected chi connectivity index (χ3v) is 3.96. The van der Waals surface area contributed by atoms with Crippen LogP contribution in [0.1, 0.15) is 39.0 Å². The molecule has 15 heavy (non-hydrogen) atoms. The Kier molecular flexibility index (Phi) is 7.49. The Morgan fingerprint density at radius 3 is 2.80 bits per heavy atom. The Bertz CT molecular complexity index is 151. The smallest absolute Gasteiger partial charge is 0.0438 e. The number of rotatable bonds is 10. The molecule has 1 aliphatic rings. The predicted molar refractivity (Wildman–Crippen MR) is 68.5 cm³/mol. The van der Waals surface area contributed by atoms with Gasteiger partial charge in [0.15, 0.2) is 0 Å². The minimum atomic E-state index is 0.334. The van der Waals surface area contributed by atoms with Gasteiger partial charge in [-0.2, -0.15) is 11.8 Å². The van der Waals surface area contributed by atoms with Crippen molar-refractivity contribution in [1.82, 2.24) is 5.32 Å². The summed E-state index contributed by atoms with van der Waals surface area (Å²) in [4.78, 5) is 0. The number of aliphatic hydroxyl groups is 1. The van der Waals surface area contributed by atoms with Crippen LogP contribution in [-0.2, 0) is 0 Å². The minimum absolute atomic E-state index is 0.334. The average molecular weight is 231 g/mol. The average Bonchev–Trinajstić information content (AvgIpc) is 3.05. The highest BCUT2D eigenvalue weighted by molar-refractivity contribution is 7.99. The van der Waals surface area contributed by atoms with Crippen molar-refractivity contribution in [2.45, 2.75) is 45.1 Å². The highest BCUT2D eigenvalue weighted by atomic mass is 32.2. The van der Waals surface area contributed by atoms with E-state index in [1.807, 2.05) is 11.8 Å². The molecule has 0 heterocycles. The summed E-state index contributed by atoms with van der Waals surface area (Å²) in [6, 6.07) is 0.786. The second kappa shape index (κ2) is 8.43. The molecule has 0 aromatic rings. The maximum absolute atomic E-state index is 8.63. The second-order valence-electron chi connectivity index (χ2n) is 4.38. The van der Waals surface area contributed by atoms with Crippen LogP contribution in [0.2, 0.25) is 0 Å². The molecular weight excluding hydrogens is 206 g/mol. The van der Waals surface area contributed by atoms with Gasteiger partial charge in [-0.3, -0.25) is 0 Å². The molecule has 1 unspecified atom stereocenters. The molecule has 1 rings (SSSR count). The van der Waals surface area contributed by atoms with Gasteiger partial charge >= 0.3 is 0 Å². The Hall–Kier alpha value is 0.270. The number of nitrogens with one attached hydrogen (secondary N) is 1. The van der Waals surface area contributed by atoms with Gasteiger partial charge < -0.3 is 10.4 Å². The summed E-state index contributed by atoms with van der Waals surface area (Å²) < 4.78 is 0. The fraction of sp³-hybridized carbons (Fsp3) is 1.00. The van der Waals surface area contributed by atoms with E-state index in [-0.39, 0.29) is 0 Å². The molecule has 1 saturated carbocycles. The SMILES string of the molecule is CCCC(NCCSCCCO)C1CC1. The first kappa shape index (κ1) is 13.3. The van der Waals surface area contributed by atoms with Gasteiger partial charge in [-0.1, -0.05) is 13.3 Å². The molecule has 0 amide bonds. The second-order valence-corrected chi connectivity index (χ2v) is 5.60. The van der Waals surface area contributed by atoms with E-state index in [4.69, 9.17) is 5.11 Å². The van der Waals surface area contributed by atoms with Gasteiger partial charge in [-0.05, 0) is 37.4 Å². The molecule has 90 valence electrons. The van der Waals surface area contributed by atoms with Gasteiger partial charge in [-0.25, -0.2) is 0 Å². The summed E-state index contributed by atoms with van der Waals surface area (Å²) in [6.07, 6.45) is 6.45. The summed E-state index contributed by atoms with van der Waals surface area (Å²) in [5.74, 6) is 3.26. The topological polar surface area (TPSA) is 32.3 Å². The largest absolute Gasteiger partial charge is 0.396 e. The lowest BCUT2D eigenvalue weighted by Gasteiger charge is -2.17. The molecule has 0 aliphatic heterocycles. The number of aliphatic hydroxyl groups excluding tert-OH is 1. The van der Waals surface area contributed by atoms with Crippen molar-refractivity contribution in [2.24, 2.45) is 5.92 Å². The van der Waals surface area contributed by atoms with Gasteiger partial charge in [0.2, 0.25) is 0 Å². The summed E-state index contributed by atoms with van der Waals surface area (Å²) in [7, 11) is 0. The lowest BCUT2D eigenvalue weighted by molar-refractivity contribution is 0.296. The molecule has 2 nitrogen and oxygen atoms in total. The van der Waals surface area contributed by atoms with Crippen molar-refractivity contribution in [3.63, 3.8) is 0 Å². The van der Waals surface area contributed by atoms with Crippen LogP contribution in [0, 0.1) is 5.92 Å². The molecular formula is C12H25NOS. The van der Waals surface area contributed by atoms with Crippen LogP contribution in [0.15, 0.2) is 0 Å². The zero-order chi connectivity index (χ0) is 10.9. The highest BCUT2D eigenvalue weighted by Crippen LogP contribution is 2.34. The van der Waals surface area contributed by atoms with Gasteiger partial charge in [0.25, 0.3) is 0 Å². The first-order valence-corrected chi connectivity index (χ1v) is 7.46. The fourth-order valence-corrected chi connectivity index (χ4v) is 2.70. The van der Waals surface area contributed by atoms with Gasteiger partial charge in [0.05, 0.1) is 0 Å².